The lowest BCUT2D eigenvalue weighted by Gasteiger charge is -2.19. The molecule has 36 heavy (non-hydrogen) atoms. The highest BCUT2D eigenvalue weighted by atomic mass is 16.5. The summed E-state index contributed by atoms with van der Waals surface area (Å²) in [6.07, 6.45) is 5.04. The zero-order valence-electron chi connectivity index (χ0n) is 19.7. The number of carbonyl (C=O) groups is 1. The molecule has 0 fully saturated rings. The molecule has 1 N–H and O–H groups in total. The van der Waals surface area contributed by atoms with Crippen LogP contribution in [0, 0.1) is 0 Å². The third kappa shape index (κ3) is 4.45. The maximum atomic E-state index is 13.1. The molecule has 8 heteroatoms. The average molecular weight is 480 g/mol. The fourth-order valence-corrected chi connectivity index (χ4v) is 4.55. The van der Waals surface area contributed by atoms with Gasteiger partial charge >= 0.3 is 0 Å². The summed E-state index contributed by atoms with van der Waals surface area (Å²) in [5, 5.41) is 2.90. The number of pyridine rings is 1. The van der Waals surface area contributed by atoms with Crippen LogP contribution in [0.25, 0.3) is 0 Å². The molecule has 180 valence electrons. The average Bonchev–Trinajstić information content (AvgIpc) is 3.58. The SMILES string of the molecule is O=C(NCc1ccccn1)c1cnc(N2CCc3ccccc32)nc1OCc1ccc2c(c1)CCO2. The first-order chi connectivity index (χ1) is 17.7. The maximum Gasteiger partial charge on any atom is 0.258 e. The second-order valence-electron chi connectivity index (χ2n) is 8.75. The molecule has 0 aliphatic carbocycles. The van der Waals surface area contributed by atoms with E-state index in [1.807, 2.05) is 42.5 Å². The summed E-state index contributed by atoms with van der Waals surface area (Å²) in [5.41, 5.74) is 5.54. The first kappa shape index (κ1) is 22.0. The number of aromatic nitrogens is 3. The number of benzene rings is 2. The Morgan fingerprint density at radius 1 is 1.03 bits per heavy atom. The Labute approximate surface area is 209 Å². The number of anilines is 2. The zero-order chi connectivity index (χ0) is 24.3. The number of nitrogens with one attached hydrogen (secondary N) is 1. The second-order valence-corrected chi connectivity index (χ2v) is 8.75. The normalized spacial score (nSPS) is 13.6. The van der Waals surface area contributed by atoms with Gasteiger partial charge in [0.15, 0.2) is 0 Å². The summed E-state index contributed by atoms with van der Waals surface area (Å²) in [5.74, 6) is 1.37. The number of para-hydroxylation sites is 1. The van der Waals surface area contributed by atoms with Gasteiger partial charge in [-0.2, -0.15) is 4.98 Å². The summed E-state index contributed by atoms with van der Waals surface area (Å²) in [7, 11) is 0. The van der Waals surface area contributed by atoms with E-state index in [0.717, 1.165) is 42.1 Å². The summed E-state index contributed by atoms with van der Waals surface area (Å²) >= 11 is 0. The van der Waals surface area contributed by atoms with Crippen LogP contribution in [-0.2, 0) is 26.0 Å². The summed E-state index contributed by atoms with van der Waals surface area (Å²) in [4.78, 5) is 28.7. The van der Waals surface area contributed by atoms with Crippen LogP contribution in [0.1, 0.15) is 32.7 Å². The number of carbonyl (C=O) groups excluding carboxylic acids is 1. The monoisotopic (exact) mass is 479 g/mol. The van der Waals surface area contributed by atoms with E-state index >= 15 is 0 Å². The van der Waals surface area contributed by atoms with E-state index in [-0.39, 0.29) is 24.0 Å². The highest BCUT2D eigenvalue weighted by Crippen LogP contribution is 2.33. The number of hydrogen-bond acceptors (Lipinski definition) is 7. The minimum Gasteiger partial charge on any atom is -0.493 e. The molecule has 0 radical (unpaired) electrons. The van der Waals surface area contributed by atoms with Crippen LogP contribution in [0.15, 0.2) is 73.1 Å². The number of rotatable bonds is 7. The van der Waals surface area contributed by atoms with Gasteiger partial charge in [0.05, 0.1) is 18.8 Å². The number of hydrogen-bond donors (Lipinski definition) is 1. The number of fused-ring (bicyclic) bond motifs is 2. The molecule has 0 saturated heterocycles. The molecule has 6 rings (SSSR count). The Morgan fingerprint density at radius 3 is 2.86 bits per heavy atom. The van der Waals surface area contributed by atoms with E-state index in [2.05, 4.69) is 38.4 Å². The molecule has 0 saturated carbocycles. The van der Waals surface area contributed by atoms with Gasteiger partial charge in [0.2, 0.25) is 11.8 Å². The lowest BCUT2D eigenvalue weighted by molar-refractivity contribution is 0.0944. The molecule has 2 aromatic carbocycles. The van der Waals surface area contributed by atoms with Crippen molar-refractivity contribution < 1.29 is 14.3 Å². The van der Waals surface area contributed by atoms with Crippen molar-refractivity contribution in [2.45, 2.75) is 26.0 Å². The van der Waals surface area contributed by atoms with E-state index in [4.69, 9.17) is 14.5 Å². The van der Waals surface area contributed by atoms with E-state index in [0.29, 0.717) is 19.1 Å². The predicted octanol–water partition coefficient (Wildman–Crippen LogP) is 4.01. The van der Waals surface area contributed by atoms with Crippen molar-refractivity contribution >= 4 is 17.5 Å². The van der Waals surface area contributed by atoms with Gasteiger partial charge in [-0.25, -0.2) is 4.98 Å². The lowest BCUT2D eigenvalue weighted by Crippen LogP contribution is -2.25. The van der Waals surface area contributed by atoms with Crippen molar-refractivity contribution in [2.24, 2.45) is 0 Å². The number of nitrogens with zero attached hydrogens (tertiary/aromatic N) is 4. The van der Waals surface area contributed by atoms with Gasteiger partial charge in [-0.05, 0) is 53.4 Å². The minimum atomic E-state index is -0.314. The first-order valence-corrected chi connectivity index (χ1v) is 12.0. The van der Waals surface area contributed by atoms with E-state index in [1.165, 1.54) is 11.1 Å². The highest BCUT2D eigenvalue weighted by molar-refractivity contribution is 5.96. The molecule has 0 bridgehead atoms. The van der Waals surface area contributed by atoms with Crippen LogP contribution in [0.2, 0.25) is 0 Å². The lowest BCUT2D eigenvalue weighted by atomic mass is 10.1. The smallest absolute Gasteiger partial charge is 0.258 e. The van der Waals surface area contributed by atoms with Crippen LogP contribution in [0.4, 0.5) is 11.6 Å². The molecular formula is C28H25N5O3. The van der Waals surface area contributed by atoms with Crippen molar-refractivity contribution in [2.75, 3.05) is 18.1 Å². The van der Waals surface area contributed by atoms with Crippen molar-refractivity contribution in [3.63, 3.8) is 0 Å². The summed E-state index contributed by atoms with van der Waals surface area (Å²) < 4.78 is 11.8. The molecule has 2 aliphatic rings. The first-order valence-electron chi connectivity index (χ1n) is 12.0. The van der Waals surface area contributed by atoms with Gasteiger partial charge in [-0.1, -0.05) is 30.3 Å². The standard InChI is InChI=1S/C28H25N5O3/c34-26(30-16-22-6-3-4-12-29-22)23-17-31-28(33-13-10-20-5-1-2-7-24(20)33)32-27(23)36-18-19-8-9-25-21(15-19)11-14-35-25/h1-9,12,15,17H,10-11,13-14,16,18H2,(H,30,34). The molecule has 4 heterocycles. The minimum absolute atomic E-state index is 0.250. The third-order valence-electron chi connectivity index (χ3n) is 6.40. The van der Waals surface area contributed by atoms with Gasteiger partial charge in [0.1, 0.15) is 17.9 Å². The number of ether oxygens (including phenoxy) is 2. The fourth-order valence-electron chi connectivity index (χ4n) is 4.55. The Hall–Kier alpha value is -4.46. The van der Waals surface area contributed by atoms with Gasteiger partial charge in [0.25, 0.3) is 5.91 Å². The molecule has 2 aromatic heterocycles. The topological polar surface area (TPSA) is 89.5 Å². The third-order valence-corrected chi connectivity index (χ3v) is 6.40. The molecule has 4 aromatic rings. The Morgan fingerprint density at radius 2 is 1.94 bits per heavy atom. The Kier molecular flexibility index (Phi) is 5.91. The highest BCUT2D eigenvalue weighted by Gasteiger charge is 2.25. The zero-order valence-corrected chi connectivity index (χ0v) is 19.7. The summed E-state index contributed by atoms with van der Waals surface area (Å²) in [6, 6.07) is 19.8. The Bertz CT molecular complexity index is 1410. The van der Waals surface area contributed by atoms with E-state index in [1.54, 1.807) is 12.4 Å². The maximum absolute atomic E-state index is 13.1. The van der Waals surface area contributed by atoms with Gasteiger partial charge in [0, 0.05) is 31.0 Å². The molecule has 2 aliphatic heterocycles. The largest absolute Gasteiger partial charge is 0.493 e. The fraction of sp³-hybridized carbons (Fsp3) is 0.214. The molecular weight excluding hydrogens is 454 g/mol. The predicted molar refractivity (Wildman–Crippen MR) is 135 cm³/mol. The van der Waals surface area contributed by atoms with Gasteiger partial charge in [-0.15, -0.1) is 0 Å². The van der Waals surface area contributed by atoms with E-state index < -0.39 is 0 Å². The van der Waals surface area contributed by atoms with Crippen molar-refractivity contribution in [1.29, 1.82) is 0 Å². The molecule has 0 spiro atoms. The summed E-state index contributed by atoms with van der Waals surface area (Å²) in [6.45, 7) is 2.05. The van der Waals surface area contributed by atoms with Crippen LogP contribution in [0.3, 0.4) is 0 Å². The number of amides is 1. The van der Waals surface area contributed by atoms with Crippen LogP contribution >= 0.6 is 0 Å². The van der Waals surface area contributed by atoms with Crippen molar-refractivity contribution in [1.82, 2.24) is 20.3 Å². The quantitative estimate of drug-likeness (QED) is 0.428. The molecule has 1 amide bonds. The molecule has 0 atom stereocenters. The van der Waals surface area contributed by atoms with E-state index in [9.17, 15) is 4.79 Å². The second kappa shape index (κ2) is 9.65. The van der Waals surface area contributed by atoms with Crippen LogP contribution in [-0.4, -0.2) is 34.0 Å². The molecule has 8 nitrogen and oxygen atoms in total. The van der Waals surface area contributed by atoms with Crippen LogP contribution in [0.5, 0.6) is 11.6 Å². The van der Waals surface area contributed by atoms with Crippen molar-refractivity contribution in [3.05, 3.63) is 101 Å². The van der Waals surface area contributed by atoms with Crippen molar-refractivity contribution in [3.8, 4) is 11.6 Å². The Balaban J connectivity index is 1.27. The van der Waals surface area contributed by atoms with Crippen LogP contribution < -0.4 is 19.7 Å². The van der Waals surface area contributed by atoms with Gasteiger partial charge < -0.3 is 19.7 Å². The molecule has 0 unspecified atom stereocenters. The van der Waals surface area contributed by atoms with Gasteiger partial charge in [-0.3, -0.25) is 9.78 Å².